The van der Waals surface area contributed by atoms with Gasteiger partial charge >= 0.3 is 0 Å². The van der Waals surface area contributed by atoms with E-state index in [-0.39, 0.29) is 24.0 Å². The minimum Gasteiger partial charge on any atom is -0.497 e. The van der Waals surface area contributed by atoms with Gasteiger partial charge < -0.3 is 20.3 Å². The van der Waals surface area contributed by atoms with E-state index in [9.17, 15) is 0 Å². The van der Waals surface area contributed by atoms with Crippen molar-refractivity contribution in [1.82, 2.24) is 20.4 Å². The summed E-state index contributed by atoms with van der Waals surface area (Å²) in [5.41, 5.74) is 1.30. The third-order valence-electron chi connectivity index (χ3n) is 5.82. The second-order valence-corrected chi connectivity index (χ2v) is 8.49. The Morgan fingerprint density at radius 3 is 2.48 bits per heavy atom. The molecule has 1 aromatic rings. The van der Waals surface area contributed by atoms with Gasteiger partial charge in [-0.25, -0.2) is 0 Å². The zero-order chi connectivity index (χ0) is 21.6. The summed E-state index contributed by atoms with van der Waals surface area (Å²) in [6, 6.07) is 8.80. The SMILES string of the molecule is CN=C(NCCCCCCCN(C)C)NCC(c1cccc(OC)c1)N1CCCC1.I. The van der Waals surface area contributed by atoms with Crippen molar-refractivity contribution in [2.45, 2.75) is 51.0 Å². The number of aliphatic imine (C=N–C) groups is 1. The molecule has 2 rings (SSSR count). The van der Waals surface area contributed by atoms with E-state index >= 15 is 0 Å². The summed E-state index contributed by atoms with van der Waals surface area (Å²) in [5, 5.41) is 7.04. The van der Waals surface area contributed by atoms with E-state index < -0.39 is 0 Å². The first-order valence-corrected chi connectivity index (χ1v) is 11.6. The molecule has 31 heavy (non-hydrogen) atoms. The maximum Gasteiger partial charge on any atom is 0.191 e. The number of benzene rings is 1. The largest absolute Gasteiger partial charge is 0.497 e. The van der Waals surface area contributed by atoms with Gasteiger partial charge in [-0.05, 0) is 77.1 Å². The standard InChI is InChI=1S/C24H43N5O.HI/c1-25-24(26-15-8-6-5-7-9-16-28(2)3)27-20-23(29-17-10-11-18-29)21-13-12-14-22(19-21)30-4;/h12-14,19,23H,5-11,15-18,20H2,1-4H3,(H2,25,26,27);1H. The molecule has 2 N–H and O–H groups in total. The van der Waals surface area contributed by atoms with Crippen LogP contribution >= 0.6 is 24.0 Å². The molecule has 0 aromatic heterocycles. The molecule has 6 nitrogen and oxygen atoms in total. The molecule has 0 saturated carbocycles. The Hall–Kier alpha value is -1.06. The van der Waals surface area contributed by atoms with E-state index in [1.54, 1.807) is 7.11 Å². The lowest BCUT2D eigenvalue weighted by Gasteiger charge is -2.29. The summed E-state index contributed by atoms with van der Waals surface area (Å²) in [5.74, 6) is 1.82. The van der Waals surface area contributed by atoms with Crippen molar-refractivity contribution in [3.05, 3.63) is 29.8 Å². The highest BCUT2D eigenvalue weighted by molar-refractivity contribution is 14.0. The highest BCUT2D eigenvalue weighted by Gasteiger charge is 2.24. The van der Waals surface area contributed by atoms with E-state index in [1.165, 1.54) is 57.1 Å². The molecule has 1 atom stereocenters. The van der Waals surface area contributed by atoms with Gasteiger partial charge in [-0.2, -0.15) is 0 Å². The number of ether oxygens (including phenoxy) is 1. The van der Waals surface area contributed by atoms with E-state index in [1.807, 2.05) is 13.1 Å². The van der Waals surface area contributed by atoms with E-state index in [0.717, 1.165) is 37.9 Å². The summed E-state index contributed by atoms with van der Waals surface area (Å²) < 4.78 is 5.45. The Labute approximate surface area is 207 Å². The number of guanidine groups is 1. The molecule has 0 amide bonds. The van der Waals surface area contributed by atoms with Crippen molar-refractivity contribution in [3.8, 4) is 5.75 Å². The van der Waals surface area contributed by atoms with E-state index in [4.69, 9.17) is 4.74 Å². The Morgan fingerprint density at radius 1 is 1.10 bits per heavy atom. The number of hydrogen-bond acceptors (Lipinski definition) is 4. The lowest BCUT2D eigenvalue weighted by atomic mass is 10.1. The first-order chi connectivity index (χ1) is 14.6. The van der Waals surface area contributed by atoms with Crippen LogP contribution < -0.4 is 15.4 Å². The molecule has 0 spiro atoms. The van der Waals surface area contributed by atoms with Crippen LogP contribution in [0.25, 0.3) is 0 Å². The highest BCUT2D eigenvalue weighted by atomic mass is 127. The Bertz CT molecular complexity index is 620. The molecular formula is C24H44IN5O. The minimum atomic E-state index is 0. The molecule has 1 aliphatic rings. The van der Waals surface area contributed by atoms with Crippen LogP contribution in [0.4, 0.5) is 0 Å². The second-order valence-electron chi connectivity index (χ2n) is 8.49. The molecule has 1 heterocycles. The van der Waals surface area contributed by atoms with Gasteiger partial charge in [0.15, 0.2) is 5.96 Å². The van der Waals surface area contributed by atoms with E-state index in [0.29, 0.717) is 6.04 Å². The van der Waals surface area contributed by atoms with Crippen LogP contribution in [0.1, 0.15) is 56.6 Å². The van der Waals surface area contributed by atoms with Crippen LogP contribution in [0.5, 0.6) is 5.75 Å². The third kappa shape index (κ3) is 10.9. The van der Waals surface area contributed by atoms with Crippen LogP contribution in [0.3, 0.4) is 0 Å². The van der Waals surface area contributed by atoms with Crippen molar-refractivity contribution in [2.75, 3.05) is 61.0 Å². The minimum absolute atomic E-state index is 0. The van der Waals surface area contributed by atoms with Crippen LogP contribution in [0.15, 0.2) is 29.3 Å². The fraction of sp³-hybridized carbons (Fsp3) is 0.708. The number of unbranched alkanes of at least 4 members (excludes halogenated alkanes) is 4. The summed E-state index contributed by atoms with van der Waals surface area (Å²) in [7, 11) is 7.87. The molecular weight excluding hydrogens is 501 g/mol. The van der Waals surface area contributed by atoms with Gasteiger partial charge in [-0.3, -0.25) is 9.89 Å². The quantitative estimate of drug-likeness (QED) is 0.169. The monoisotopic (exact) mass is 545 g/mol. The average molecular weight is 546 g/mol. The second kappa shape index (κ2) is 16.6. The van der Waals surface area contributed by atoms with Crippen LogP contribution in [-0.4, -0.2) is 76.7 Å². The Morgan fingerprint density at radius 2 is 1.81 bits per heavy atom. The maximum absolute atomic E-state index is 5.45. The first-order valence-electron chi connectivity index (χ1n) is 11.6. The number of methoxy groups -OCH3 is 1. The molecule has 1 saturated heterocycles. The molecule has 0 radical (unpaired) electrons. The fourth-order valence-electron chi connectivity index (χ4n) is 4.06. The van der Waals surface area contributed by atoms with Gasteiger partial charge in [0, 0.05) is 20.1 Å². The molecule has 7 heteroatoms. The molecule has 0 bridgehead atoms. The lowest BCUT2D eigenvalue weighted by molar-refractivity contribution is 0.245. The van der Waals surface area contributed by atoms with Crippen molar-refractivity contribution in [1.29, 1.82) is 0 Å². The van der Waals surface area contributed by atoms with Gasteiger partial charge in [-0.15, -0.1) is 24.0 Å². The zero-order valence-electron chi connectivity index (χ0n) is 20.0. The van der Waals surface area contributed by atoms with Crippen molar-refractivity contribution in [2.24, 2.45) is 4.99 Å². The van der Waals surface area contributed by atoms with Crippen LogP contribution in [0.2, 0.25) is 0 Å². The average Bonchev–Trinajstić information content (AvgIpc) is 3.28. The molecule has 1 aromatic carbocycles. The zero-order valence-corrected chi connectivity index (χ0v) is 22.4. The number of likely N-dealkylation sites (tertiary alicyclic amines) is 1. The fourth-order valence-corrected chi connectivity index (χ4v) is 4.06. The first kappa shape index (κ1) is 28.0. The predicted molar refractivity (Wildman–Crippen MR) is 143 cm³/mol. The van der Waals surface area contributed by atoms with Gasteiger partial charge in [-0.1, -0.05) is 31.4 Å². The predicted octanol–water partition coefficient (Wildman–Crippen LogP) is 4.13. The molecule has 1 unspecified atom stereocenters. The summed E-state index contributed by atoms with van der Waals surface area (Å²) in [6.07, 6.45) is 8.96. The van der Waals surface area contributed by atoms with Gasteiger partial charge in [0.25, 0.3) is 0 Å². The summed E-state index contributed by atoms with van der Waals surface area (Å²) in [4.78, 5) is 9.26. The van der Waals surface area contributed by atoms with Crippen molar-refractivity contribution in [3.63, 3.8) is 0 Å². The number of nitrogens with zero attached hydrogens (tertiary/aromatic N) is 3. The van der Waals surface area contributed by atoms with Crippen LogP contribution in [0, 0.1) is 0 Å². The third-order valence-corrected chi connectivity index (χ3v) is 5.82. The smallest absolute Gasteiger partial charge is 0.191 e. The highest BCUT2D eigenvalue weighted by Crippen LogP contribution is 2.27. The topological polar surface area (TPSA) is 52.1 Å². The van der Waals surface area contributed by atoms with E-state index in [2.05, 4.69) is 57.7 Å². The van der Waals surface area contributed by atoms with Crippen molar-refractivity contribution < 1.29 is 4.74 Å². The van der Waals surface area contributed by atoms with Gasteiger partial charge in [0.1, 0.15) is 5.75 Å². The number of nitrogens with one attached hydrogen (secondary N) is 2. The number of hydrogen-bond donors (Lipinski definition) is 2. The van der Waals surface area contributed by atoms with Gasteiger partial charge in [0.05, 0.1) is 13.2 Å². The van der Waals surface area contributed by atoms with Crippen molar-refractivity contribution >= 4 is 29.9 Å². The molecule has 1 fully saturated rings. The lowest BCUT2D eigenvalue weighted by Crippen LogP contribution is -2.43. The normalized spacial score (nSPS) is 15.6. The maximum atomic E-state index is 5.45. The molecule has 1 aliphatic heterocycles. The molecule has 0 aliphatic carbocycles. The van der Waals surface area contributed by atoms with Gasteiger partial charge in [0.2, 0.25) is 0 Å². The number of halogens is 1. The summed E-state index contributed by atoms with van der Waals surface area (Å²) in [6.45, 7) is 5.32. The Balaban J connectivity index is 0.00000480. The summed E-state index contributed by atoms with van der Waals surface area (Å²) >= 11 is 0. The number of rotatable bonds is 13. The van der Waals surface area contributed by atoms with Crippen LogP contribution in [-0.2, 0) is 0 Å². The molecule has 178 valence electrons. The Kier molecular flexibility index (Phi) is 14.9.